The molecule has 0 N–H and O–H groups in total. The molecule has 0 unspecified atom stereocenters. The van der Waals surface area contributed by atoms with Gasteiger partial charge in [0.2, 0.25) is 5.91 Å². The molecule has 0 aliphatic heterocycles. The van der Waals surface area contributed by atoms with Crippen LogP contribution in [-0.2, 0) is 11.2 Å². The minimum absolute atomic E-state index is 0.0370. The maximum Gasteiger partial charge on any atom is 0.233 e. The zero-order valence-corrected chi connectivity index (χ0v) is 21.9. The number of hydrogen-bond donors (Lipinski definition) is 0. The summed E-state index contributed by atoms with van der Waals surface area (Å²) in [6, 6.07) is 12.0. The van der Waals surface area contributed by atoms with Gasteiger partial charge in [0.15, 0.2) is 5.13 Å². The number of ether oxygens (including phenoxy) is 2. The summed E-state index contributed by atoms with van der Waals surface area (Å²) in [7, 11) is 7.34. The first-order valence-electron chi connectivity index (χ1n) is 11.0. The number of thioether (sulfide) groups is 1. The lowest BCUT2D eigenvalue weighted by Gasteiger charge is -2.21. The molecule has 3 rings (SSSR count). The van der Waals surface area contributed by atoms with Crippen LogP contribution in [0.25, 0.3) is 10.2 Å². The standard InChI is InChI=1S/C25H33N3O3S2/c1-17(2)32-19-10-8-18(9-11-19)16-22(29)28(15-7-14-27(3)4)25-26-23-20(30-5)12-13-21(31-6)24(23)33-25/h8-13,17H,7,14-16H2,1-6H3. The second kappa shape index (κ2) is 11.7. The third-order valence-electron chi connectivity index (χ3n) is 5.07. The summed E-state index contributed by atoms with van der Waals surface area (Å²) >= 11 is 3.29. The number of rotatable bonds is 11. The van der Waals surface area contributed by atoms with E-state index in [-0.39, 0.29) is 5.91 Å². The fraction of sp³-hybridized carbons (Fsp3) is 0.440. The van der Waals surface area contributed by atoms with Gasteiger partial charge in [-0.05, 0) is 56.9 Å². The first-order valence-corrected chi connectivity index (χ1v) is 12.7. The molecule has 1 aromatic heterocycles. The van der Waals surface area contributed by atoms with Gasteiger partial charge >= 0.3 is 0 Å². The first-order chi connectivity index (χ1) is 15.8. The molecule has 2 aromatic carbocycles. The van der Waals surface area contributed by atoms with Crippen molar-refractivity contribution in [1.82, 2.24) is 9.88 Å². The molecule has 8 heteroatoms. The average molecular weight is 488 g/mol. The van der Waals surface area contributed by atoms with Crippen molar-refractivity contribution >= 4 is 44.4 Å². The molecule has 6 nitrogen and oxygen atoms in total. The molecule has 1 heterocycles. The molecule has 0 radical (unpaired) electrons. The number of carbonyl (C=O) groups excluding carboxylic acids is 1. The molecule has 0 bridgehead atoms. The van der Waals surface area contributed by atoms with Crippen LogP contribution in [0.5, 0.6) is 11.5 Å². The molecular formula is C25H33N3O3S2. The predicted molar refractivity (Wildman–Crippen MR) is 139 cm³/mol. The highest BCUT2D eigenvalue weighted by Crippen LogP contribution is 2.40. The Kier molecular flexibility index (Phi) is 9.00. The van der Waals surface area contributed by atoms with E-state index in [1.807, 2.05) is 55.0 Å². The summed E-state index contributed by atoms with van der Waals surface area (Å²) in [6.45, 7) is 5.84. The molecule has 0 aliphatic carbocycles. The van der Waals surface area contributed by atoms with Crippen molar-refractivity contribution in [2.24, 2.45) is 0 Å². The van der Waals surface area contributed by atoms with Crippen molar-refractivity contribution in [3.8, 4) is 11.5 Å². The number of fused-ring (bicyclic) bond motifs is 1. The van der Waals surface area contributed by atoms with Gasteiger partial charge in [0.25, 0.3) is 0 Å². The summed E-state index contributed by atoms with van der Waals surface area (Å²) < 4.78 is 11.9. The Morgan fingerprint density at radius 3 is 2.30 bits per heavy atom. The van der Waals surface area contributed by atoms with Crippen molar-refractivity contribution in [3.05, 3.63) is 42.0 Å². The second-order valence-corrected chi connectivity index (χ2v) is 11.0. The normalized spacial score (nSPS) is 11.4. The Balaban J connectivity index is 1.88. The van der Waals surface area contributed by atoms with Crippen LogP contribution >= 0.6 is 23.1 Å². The number of thiazole rings is 1. The molecule has 3 aromatic rings. The van der Waals surface area contributed by atoms with E-state index in [1.165, 1.54) is 16.2 Å². The van der Waals surface area contributed by atoms with E-state index in [1.54, 1.807) is 14.2 Å². The van der Waals surface area contributed by atoms with Gasteiger partial charge in [-0.25, -0.2) is 4.98 Å². The molecule has 0 fully saturated rings. The van der Waals surface area contributed by atoms with Gasteiger partial charge < -0.3 is 14.4 Å². The van der Waals surface area contributed by atoms with Crippen LogP contribution in [0.3, 0.4) is 0 Å². The van der Waals surface area contributed by atoms with E-state index in [9.17, 15) is 4.79 Å². The smallest absolute Gasteiger partial charge is 0.233 e. The molecule has 178 valence electrons. The lowest BCUT2D eigenvalue weighted by atomic mass is 10.1. The van der Waals surface area contributed by atoms with Gasteiger partial charge in [-0.15, -0.1) is 11.8 Å². The number of nitrogens with zero attached hydrogens (tertiary/aromatic N) is 3. The highest BCUT2D eigenvalue weighted by Gasteiger charge is 2.22. The number of methoxy groups -OCH3 is 2. The van der Waals surface area contributed by atoms with Crippen molar-refractivity contribution in [3.63, 3.8) is 0 Å². The lowest BCUT2D eigenvalue weighted by Crippen LogP contribution is -2.34. The van der Waals surface area contributed by atoms with E-state index in [4.69, 9.17) is 14.5 Å². The quantitative estimate of drug-likeness (QED) is 0.340. The highest BCUT2D eigenvalue weighted by molar-refractivity contribution is 7.99. The molecule has 1 amide bonds. The van der Waals surface area contributed by atoms with Crippen molar-refractivity contribution in [2.75, 3.05) is 46.3 Å². The molecule has 0 saturated carbocycles. The van der Waals surface area contributed by atoms with Gasteiger partial charge in [-0.1, -0.05) is 37.3 Å². The summed E-state index contributed by atoms with van der Waals surface area (Å²) in [5.41, 5.74) is 1.72. The van der Waals surface area contributed by atoms with Crippen molar-refractivity contribution in [1.29, 1.82) is 0 Å². The Bertz CT molecular complexity index is 1020. The second-order valence-electron chi connectivity index (χ2n) is 8.33. The predicted octanol–water partition coefficient (Wildman–Crippen LogP) is 5.34. The maximum atomic E-state index is 13.4. The topological polar surface area (TPSA) is 54.9 Å². The van der Waals surface area contributed by atoms with Crippen LogP contribution in [0.2, 0.25) is 0 Å². The van der Waals surface area contributed by atoms with Crippen LogP contribution in [0.4, 0.5) is 5.13 Å². The summed E-state index contributed by atoms with van der Waals surface area (Å²) in [6.07, 6.45) is 1.19. The van der Waals surface area contributed by atoms with Gasteiger partial charge in [0.1, 0.15) is 21.7 Å². The van der Waals surface area contributed by atoms with Crippen LogP contribution in [-0.4, -0.2) is 62.4 Å². The summed E-state index contributed by atoms with van der Waals surface area (Å²) in [4.78, 5) is 23.4. The lowest BCUT2D eigenvalue weighted by molar-refractivity contribution is -0.118. The molecule has 0 saturated heterocycles. The fourth-order valence-corrected chi connectivity index (χ4v) is 5.45. The Morgan fingerprint density at radius 1 is 1.03 bits per heavy atom. The minimum Gasteiger partial charge on any atom is -0.495 e. The molecule has 0 spiro atoms. The monoisotopic (exact) mass is 487 g/mol. The van der Waals surface area contributed by atoms with Gasteiger partial charge in [0.05, 0.1) is 20.6 Å². The molecule has 0 atom stereocenters. The number of benzene rings is 2. The summed E-state index contributed by atoms with van der Waals surface area (Å²) in [5, 5.41) is 1.20. The van der Waals surface area contributed by atoms with E-state index >= 15 is 0 Å². The first kappa shape index (κ1) is 25.3. The van der Waals surface area contributed by atoms with Crippen LogP contribution < -0.4 is 14.4 Å². The number of carbonyl (C=O) groups is 1. The minimum atomic E-state index is 0.0370. The van der Waals surface area contributed by atoms with Crippen LogP contribution in [0, 0.1) is 0 Å². The zero-order chi connectivity index (χ0) is 24.0. The van der Waals surface area contributed by atoms with Crippen LogP contribution in [0.1, 0.15) is 25.8 Å². The van der Waals surface area contributed by atoms with E-state index < -0.39 is 0 Å². The molecular weight excluding hydrogens is 454 g/mol. The van der Waals surface area contributed by atoms with Gasteiger partial charge in [-0.2, -0.15) is 0 Å². The van der Waals surface area contributed by atoms with E-state index in [2.05, 4.69) is 30.9 Å². The number of hydrogen-bond acceptors (Lipinski definition) is 7. The van der Waals surface area contributed by atoms with Crippen molar-refractivity contribution in [2.45, 2.75) is 36.8 Å². The van der Waals surface area contributed by atoms with E-state index in [0.29, 0.717) is 29.1 Å². The molecule has 0 aliphatic rings. The van der Waals surface area contributed by atoms with Crippen LogP contribution in [0.15, 0.2) is 41.3 Å². The fourth-order valence-electron chi connectivity index (χ4n) is 3.49. The third-order valence-corrected chi connectivity index (χ3v) is 7.18. The Morgan fingerprint density at radius 2 is 1.70 bits per heavy atom. The van der Waals surface area contributed by atoms with Gasteiger partial charge in [-0.3, -0.25) is 9.69 Å². The van der Waals surface area contributed by atoms with Crippen molar-refractivity contribution < 1.29 is 14.3 Å². The third kappa shape index (κ3) is 6.62. The Labute approximate surface area is 204 Å². The Hall–Kier alpha value is -2.29. The molecule has 33 heavy (non-hydrogen) atoms. The highest BCUT2D eigenvalue weighted by atomic mass is 32.2. The van der Waals surface area contributed by atoms with Gasteiger partial charge in [0, 0.05) is 16.7 Å². The largest absolute Gasteiger partial charge is 0.495 e. The maximum absolute atomic E-state index is 13.4. The zero-order valence-electron chi connectivity index (χ0n) is 20.3. The number of aromatic nitrogens is 1. The number of anilines is 1. The SMILES string of the molecule is COc1ccc(OC)c2sc(N(CCCN(C)C)C(=O)Cc3ccc(SC(C)C)cc3)nc12. The van der Waals surface area contributed by atoms with E-state index in [0.717, 1.165) is 34.5 Å². The average Bonchev–Trinajstić information content (AvgIpc) is 3.21. The summed E-state index contributed by atoms with van der Waals surface area (Å²) in [5.74, 6) is 1.44. The number of amides is 1.